The maximum atomic E-state index is 11.7. The minimum atomic E-state index is 0.148. The van der Waals surface area contributed by atoms with E-state index in [2.05, 4.69) is 62.4 Å². The monoisotopic (exact) mass is 262 g/mol. The Morgan fingerprint density at radius 1 is 1.21 bits per heavy atom. The summed E-state index contributed by atoms with van der Waals surface area (Å²) in [5.74, 6) is 0.557. The van der Waals surface area contributed by atoms with Gasteiger partial charge in [0.1, 0.15) is 0 Å². The second kappa shape index (κ2) is 7.95. The van der Waals surface area contributed by atoms with Crippen LogP contribution in [-0.2, 0) is 11.2 Å². The zero-order valence-electron chi connectivity index (χ0n) is 12.5. The van der Waals surface area contributed by atoms with E-state index in [0.29, 0.717) is 24.9 Å². The Morgan fingerprint density at radius 3 is 2.37 bits per heavy atom. The van der Waals surface area contributed by atoms with E-state index in [1.54, 1.807) is 0 Å². The molecule has 0 aromatic heterocycles. The van der Waals surface area contributed by atoms with Crippen LogP contribution in [0.1, 0.15) is 25.8 Å². The average molecular weight is 262 g/mol. The van der Waals surface area contributed by atoms with E-state index >= 15 is 0 Å². The third kappa shape index (κ3) is 6.39. The number of hydrogen-bond acceptors (Lipinski definition) is 2. The summed E-state index contributed by atoms with van der Waals surface area (Å²) >= 11 is 0. The normalized spacial score (nSPS) is 12.7. The smallest absolute Gasteiger partial charge is 0.220 e. The molecule has 3 heteroatoms. The lowest BCUT2D eigenvalue weighted by molar-refractivity contribution is -0.122. The molecule has 106 valence electrons. The number of amides is 1. The number of rotatable bonds is 7. The van der Waals surface area contributed by atoms with Gasteiger partial charge in [0, 0.05) is 19.0 Å². The Bertz CT molecular complexity index is 374. The standard InChI is InChI=1S/C16H26N2O/c1-13(2)10-16(19)17-12-15(18(3)4)11-14-8-6-5-7-9-14/h5-9,13,15H,10-12H2,1-4H3,(H,17,19). The SMILES string of the molecule is CC(C)CC(=O)NCC(Cc1ccccc1)N(C)C. The summed E-state index contributed by atoms with van der Waals surface area (Å²) in [6, 6.07) is 10.7. The largest absolute Gasteiger partial charge is 0.355 e. The Morgan fingerprint density at radius 2 is 1.84 bits per heavy atom. The summed E-state index contributed by atoms with van der Waals surface area (Å²) in [6.45, 7) is 4.83. The molecular formula is C16H26N2O. The Labute approximate surface area is 117 Å². The van der Waals surface area contributed by atoms with E-state index in [-0.39, 0.29) is 5.91 Å². The molecule has 0 saturated carbocycles. The third-order valence-electron chi connectivity index (χ3n) is 3.17. The summed E-state index contributed by atoms with van der Waals surface area (Å²) in [7, 11) is 4.12. The van der Waals surface area contributed by atoms with Crippen molar-refractivity contribution in [2.24, 2.45) is 5.92 Å². The van der Waals surface area contributed by atoms with E-state index in [0.717, 1.165) is 6.42 Å². The first-order valence-corrected chi connectivity index (χ1v) is 6.96. The summed E-state index contributed by atoms with van der Waals surface area (Å²) in [5.41, 5.74) is 1.30. The maximum absolute atomic E-state index is 11.7. The van der Waals surface area contributed by atoms with Gasteiger partial charge in [0.05, 0.1) is 0 Å². The highest BCUT2D eigenvalue weighted by molar-refractivity contribution is 5.76. The Hall–Kier alpha value is -1.35. The Kier molecular flexibility index (Phi) is 6.57. The minimum Gasteiger partial charge on any atom is -0.355 e. The molecule has 0 heterocycles. The fourth-order valence-electron chi connectivity index (χ4n) is 2.00. The third-order valence-corrected chi connectivity index (χ3v) is 3.17. The number of likely N-dealkylation sites (N-methyl/N-ethyl adjacent to an activating group) is 1. The van der Waals surface area contributed by atoms with Crippen molar-refractivity contribution in [2.45, 2.75) is 32.7 Å². The van der Waals surface area contributed by atoms with Gasteiger partial charge in [0.25, 0.3) is 0 Å². The van der Waals surface area contributed by atoms with Gasteiger partial charge in [-0.05, 0) is 32.0 Å². The molecule has 0 bridgehead atoms. The summed E-state index contributed by atoms with van der Waals surface area (Å²) in [4.78, 5) is 13.9. The molecule has 1 aromatic carbocycles. The quantitative estimate of drug-likeness (QED) is 0.818. The van der Waals surface area contributed by atoms with Crippen LogP contribution in [0, 0.1) is 5.92 Å². The van der Waals surface area contributed by atoms with Gasteiger partial charge < -0.3 is 10.2 Å². The van der Waals surface area contributed by atoms with Crippen LogP contribution in [0.25, 0.3) is 0 Å². The first-order valence-electron chi connectivity index (χ1n) is 6.96. The molecule has 1 amide bonds. The highest BCUT2D eigenvalue weighted by atomic mass is 16.1. The molecule has 1 unspecified atom stereocenters. The van der Waals surface area contributed by atoms with Gasteiger partial charge in [0.15, 0.2) is 0 Å². The molecule has 0 aliphatic heterocycles. The van der Waals surface area contributed by atoms with Crippen LogP contribution in [-0.4, -0.2) is 37.5 Å². The van der Waals surface area contributed by atoms with Crippen molar-refractivity contribution < 1.29 is 4.79 Å². The number of carbonyl (C=O) groups is 1. The molecule has 0 saturated heterocycles. The van der Waals surface area contributed by atoms with Gasteiger partial charge in [-0.25, -0.2) is 0 Å². The van der Waals surface area contributed by atoms with Crippen molar-refractivity contribution in [3.8, 4) is 0 Å². The van der Waals surface area contributed by atoms with Crippen LogP contribution in [0.4, 0.5) is 0 Å². The van der Waals surface area contributed by atoms with Crippen molar-refractivity contribution in [1.82, 2.24) is 10.2 Å². The van der Waals surface area contributed by atoms with Crippen molar-refractivity contribution in [3.05, 3.63) is 35.9 Å². The minimum absolute atomic E-state index is 0.148. The second-order valence-corrected chi connectivity index (χ2v) is 5.71. The van der Waals surface area contributed by atoms with E-state index in [4.69, 9.17) is 0 Å². The number of benzene rings is 1. The van der Waals surface area contributed by atoms with E-state index in [1.807, 2.05) is 6.07 Å². The van der Waals surface area contributed by atoms with Gasteiger partial charge in [0.2, 0.25) is 5.91 Å². The van der Waals surface area contributed by atoms with Gasteiger partial charge in [-0.3, -0.25) is 4.79 Å². The molecule has 19 heavy (non-hydrogen) atoms. The van der Waals surface area contributed by atoms with Crippen molar-refractivity contribution in [2.75, 3.05) is 20.6 Å². The number of nitrogens with one attached hydrogen (secondary N) is 1. The predicted octanol–water partition coefficient (Wildman–Crippen LogP) is 2.32. The molecule has 0 aliphatic rings. The van der Waals surface area contributed by atoms with Crippen LogP contribution in [0.5, 0.6) is 0 Å². The van der Waals surface area contributed by atoms with Crippen molar-refractivity contribution >= 4 is 5.91 Å². The molecule has 0 fully saturated rings. The topological polar surface area (TPSA) is 32.3 Å². The Balaban J connectivity index is 2.47. The summed E-state index contributed by atoms with van der Waals surface area (Å²) in [5, 5.41) is 3.04. The highest BCUT2D eigenvalue weighted by Crippen LogP contribution is 2.06. The predicted molar refractivity (Wildman–Crippen MR) is 80.1 cm³/mol. The zero-order valence-corrected chi connectivity index (χ0v) is 12.5. The van der Waals surface area contributed by atoms with Gasteiger partial charge in [-0.2, -0.15) is 0 Å². The fourth-order valence-corrected chi connectivity index (χ4v) is 2.00. The number of nitrogens with zero attached hydrogens (tertiary/aromatic N) is 1. The lowest BCUT2D eigenvalue weighted by Crippen LogP contribution is -2.41. The van der Waals surface area contributed by atoms with Gasteiger partial charge >= 0.3 is 0 Å². The highest BCUT2D eigenvalue weighted by Gasteiger charge is 2.14. The average Bonchev–Trinajstić information content (AvgIpc) is 2.34. The molecule has 3 nitrogen and oxygen atoms in total. The molecule has 1 rings (SSSR count). The molecule has 0 aliphatic carbocycles. The van der Waals surface area contributed by atoms with Gasteiger partial charge in [-0.15, -0.1) is 0 Å². The van der Waals surface area contributed by atoms with Crippen LogP contribution in [0.3, 0.4) is 0 Å². The lowest BCUT2D eigenvalue weighted by atomic mass is 10.0. The zero-order chi connectivity index (χ0) is 14.3. The van der Waals surface area contributed by atoms with E-state index in [1.165, 1.54) is 5.56 Å². The van der Waals surface area contributed by atoms with E-state index < -0.39 is 0 Å². The summed E-state index contributed by atoms with van der Waals surface area (Å²) in [6.07, 6.45) is 1.56. The number of carbonyl (C=O) groups excluding carboxylic acids is 1. The van der Waals surface area contributed by atoms with Crippen molar-refractivity contribution in [3.63, 3.8) is 0 Å². The van der Waals surface area contributed by atoms with Crippen LogP contribution >= 0.6 is 0 Å². The molecule has 1 N–H and O–H groups in total. The van der Waals surface area contributed by atoms with Gasteiger partial charge in [-0.1, -0.05) is 44.2 Å². The first-order chi connectivity index (χ1) is 8.99. The lowest BCUT2D eigenvalue weighted by Gasteiger charge is -2.25. The summed E-state index contributed by atoms with van der Waals surface area (Å²) < 4.78 is 0. The molecule has 0 spiro atoms. The second-order valence-electron chi connectivity index (χ2n) is 5.71. The van der Waals surface area contributed by atoms with Crippen LogP contribution < -0.4 is 5.32 Å². The first kappa shape index (κ1) is 15.7. The number of hydrogen-bond donors (Lipinski definition) is 1. The molecular weight excluding hydrogens is 236 g/mol. The van der Waals surface area contributed by atoms with Crippen LogP contribution in [0.2, 0.25) is 0 Å². The van der Waals surface area contributed by atoms with Crippen molar-refractivity contribution in [1.29, 1.82) is 0 Å². The van der Waals surface area contributed by atoms with E-state index in [9.17, 15) is 4.79 Å². The van der Waals surface area contributed by atoms with Crippen LogP contribution in [0.15, 0.2) is 30.3 Å². The molecule has 1 atom stereocenters. The molecule has 0 radical (unpaired) electrons. The molecule has 1 aromatic rings. The maximum Gasteiger partial charge on any atom is 0.220 e. The fraction of sp³-hybridized carbons (Fsp3) is 0.562.